The van der Waals surface area contributed by atoms with Crippen molar-refractivity contribution in [3.63, 3.8) is 0 Å². The van der Waals surface area contributed by atoms with Crippen LogP contribution in [0.25, 0.3) is 0 Å². The molecule has 0 aliphatic rings. The lowest BCUT2D eigenvalue weighted by atomic mass is 10.3. The van der Waals surface area contributed by atoms with E-state index in [-0.39, 0.29) is 0 Å². The molecule has 1 aromatic rings. The monoisotopic (exact) mass is 196 g/mol. The van der Waals surface area contributed by atoms with Gasteiger partial charge in [-0.05, 0) is 12.1 Å². The SMILES string of the molecule is C=CC(=O)O.C=O.Oc1ccccc1. The first-order chi connectivity index (χ1) is 6.66. The minimum absolute atomic E-state index is 0.322. The van der Waals surface area contributed by atoms with Gasteiger partial charge >= 0.3 is 5.97 Å². The van der Waals surface area contributed by atoms with Crippen LogP contribution in [0.4, 0.5) is 0 Å². The number of carboxylic acids is 1. The van der Waals surface area contributed by atoms with Crippen molar-refractivity contribution in [3.8, 4) is 5.75 Å². The maximum atomic E-state index is 9.25. The van der Waals surface area contributed by atoms with Crippen LogP contribution in [0.1, 0.15) is 0 Å². The van der Waals surface area contributed by atoms with E-state index in [1.54, 1.807) is 24.3 Å². The topological polar surface area (TPSA) is 74.6 Å². The van der Waals surface area contributed by atoms with E-state index >= 15 is 0 Å². The summed E-state index contributed by atoms with van der Waals surface area (Å²) < 4.78 is 0. The number of phenolic OH excluding ortho intramolecular Hbond substituents is 1. The van der Waals surface area contributed by atoms with Gasteiger partial charge in [-0.3, -0.25) is 0 Å². The number of phenols is 1. The zero-order valence-electron chi connectivity index (χ0n) is 7.59. The van der Waals surface area contributed by atoms with E-state index in [1.807, 2.05) is 12.9 Å². The van der Waals surface area contributed by atoms with Gasteiger partial charge in [0.2, 0.25) is 0 Å². The maximum Gasteiger partial charge on any atom is 0.327 e. The smallest absolute Gasteiger partial charge is 0.327 e. The van der Waals surface area contributed by atoms with Crippen LogP contribution in [-0.4, -0.2) is 23.0 Å². The van der Waals surface area contributed by atoms with Crippen molar-refractivity contribution < 1.29 is 19.8 Å². The Morgan fingerprint density at radius 1 is 1.21 bits per heavy atom. The zero-order chi connectivity index (χ0) is 11.4. The van der Waals surface area contributed by atoms with E-state index in [0.717, 1.165) is 6.08 Å². The Morgan fingerprint density at radius 3 is 1.71 bits per heavy atom. The quantitative estimate of drug-likeness (QED) is 0.667. The lowest BCUT2D eigenvalue weighted by Gasteiger charge is -1.82. The van der Waals surface area contributed by atoms with Crippen LogP contribution in [0, 0.1) is 0 Å². The van der Waals surface area contributed by atoms with Crippen LogP contribution in [0.15, 0.2) is 43.0 Å². The van der Waals surface area contributed by atoms with Gasteiger partial charge in [-0.1, -0.05) is 24.8 Å². The number of para-hydroxylation sites is 1. The Balaban J connectivity index is 0. The van der Waals surface area contributed by atoms with Crippen molar-refractivity contribution in [2.24, 2.45) is 0 Å². The highest BCUT2D eigenvalue weighted by atomic mass is 16.4. The Bertz CT molecular complexity index is 256. The number of hydrogen-bond donors (Lipinski definition) is 2. The maximum absolute atomic E-state index is 9.25. The molecule has 0 radical (unpaired) electrons. The summed E-state index contributed by atoms with van der Waals surface area (Å²) in [4.78, 5) is 17.2. The van der Waals surface area contributed by atoms with E-state index in [2.05, 4.69) is 6.58 Å². The highest BCUT2D eigenvalue weighted by Gasteiger charge is 1.75. The molecule has 0 saturated heterocycles. The second kappa shape index (κ2) is 10.9. The molecule has 0 saturated carbocycles. The van der Waals surface area contributed by atoms with Gasteiger partial charge in [0.05, 0.1) is 0 Å². The van der Waals surface area contributed by atoms with E-state index in [1.165, 1.54) is 0 Å². The van der Waals surface area contributed by atoms with Gasteiger partial charge < -0.3 is 15.0 Å². The average molecular weight is 196 g/mol. The standard InChI is InChI=1S/C6H6O.C3H4O2.CH2O/c7-6-4-2-1-3-5-6;1-2-3(4)5;1-2/h1-5,7H;2H,1H2,(H,4,5);1H2. The molecule has 0 aliphatic carbocycles. The third kappa shape index (κ3) is 12.6. The first-order valence-corrected chi connectivity index (χ1v) is 3.55. The summed E-state index contributed by atoms with van der Waals surface area (Å²) in [6, 6.07) is 8.71. The molecule has 2 N–H and O–H groups in total. The highest BCUT2D eigenvalue weighted by Crippen LogP contribution is 2.02. The minimum atomic E-state index is -0.981. The van der Waals surface area contributed by atoms with Gasteiger partial charge in [0.1, 0.15) is 12.5 Å². The Hall–Kier alpha value is -2.10. The summed E-state index contributed by atoms with van der Waals surface area (Å²) in [5, 5.41) is 16.2. The number of carboxylic acid groups (broad SMARTS) is 1. The second-order valence-corrected chi connectivity index (χ2v) is 1.88. The average Bonchev–Trinajstić information content (AvgIpc) is 2.23. The molecule has 0 atom stereocenters. The molecule has 0 unspecified atom stereocenters. The molecule has 14 heavy (non-hydrogen) atoms. The Morgan fingerprint density at radius 2 is 1.57 bits per heavy atom. The minimum Gasteiger partial charge on any atom is -0.508 e. The van der Waals surface area contributed by atoms with Crippen LogP contribution < -0.4 is 0 Å². The van der Waals surface area contributed by atoms with Crippen molar-refractivity contribution in [2.45, 2.75) is 0 Å². The molecular weight excluding hydrogens is 184 g/mol. The van der Waals surface area contributed by atoms with Gasteiger partial charge in [0.25, 0.3) is 0 Å². The van der Waals surface area contributed by atoms with Gasteiger partial charge in [-0.2, -0.15) is 0 Å². The largest absolute Gasteiger partial charge is 0.508 e. The van der Waals surface area contributed by atoms with Crippen molar-refractivity contribution in [2.75, 3.05) is 0 Å². The lowest BCUT2D eigenvalue weighted by molar-refractivity contribution is -0.131. The summed E-state index contributed by atoms with van der Waals surface area (Å²) in [6.07, 6.45) is 0.833. The van der Waals surface area contributed by atoms with Crippen LogP contribution in [0.5, 0.6) is 5.75 Å². The number of rotatable bonds is 1. The fourth-order valence-corrected chi connectivity index (χ4v) is 0.428. The number of hydrogen-bond acceptors (Lipinski definition) is 3. The predicted molar refractivity (Wildman–Crippen MR) is 53.1 cm³/mol. The van der Waals surface area contributed by atoms with Crippen LogP contribution in [-0.2, 0) is 9.59 Å². The molecule has 76 valence electrons. The normalized spacial score (nSPS) is 6.86. The zero-order valence-corrected chi connectivity index (χ0v) is 7.59. The predicted octanol–water partition coefficient (Wildman–Crippen LogP) is 1.46. The number of aromatic hydroxyl groups is 1. The molecule has 1 aromatic carbocycles. The molecule has 0 bridgehead atoms. The molecule has 0 aliphatic heterocycles. The van der Waals surface area contributed by atoms with Crippen molar-refractivity contribution in [1.82, 2.24) is 0 Å². The third-order valence-corrected chi connectivity index (χ3v) is 0.931. The molecule has 0 heterocycles. The summed E-state index contributed by atoms with van der Waals surface area (Å²) in [5.74, 6) is -0.660. The van der Waals surface area contributed by atoms with Gasteiger partial charge in [0.15, 0.2) is 0 Å². The van der Waals surface area contributed by atoms with E-state index in [4.69, 9.17) is 15.0 Å². The second-order valence-electron chi connectivity index (χ2n) is 1.88. The number of carbonyl (C=O) groups excluding carboxylic acids is 1. The highest BCUT2D eigenvalue weighted by molar-refractivity contribution is 5.78. The molecule has 0 fully saturated rings. The lowest BCUT2D eigenvalue weighted by Crippen LogP contribution is -1.82. The molecule has 4 nitrogen and oxygen atoms in total. The Labute approximate surface area is 82.1 Å². The number of carbonyl (C=O) groups is 2. The van der Waals surface area contributed by atoms with Crippen LogP contribution in [0.2, 0.25) is 0 Å². The first-order valence-electron chi connectivity index (χ1n) is 3.55. The summed E-state index contributed by atoms with van der Waals surface area (Å²) in [7, 11) is 0. The van der Waals surface area contributed by atoms with Gasteiger partial charge in [0, 0.05) is 6.08 Å². The van der Waals surface area contributed by atoms with Crippen LogP contribution in [0.3, 0.4) is 0 Å². The van der Waals surface area contributed by atoms with Crippen molar-refractivity contribution in [3.05, 3.63) is 43.0 Å². The molecular formula is C10H12O4. The summed E-state index contributed by atoms with van der Waals surface area (Å²) in [5.41, 5.74) is 0. The molecule has 1 rings (SSSR count). The van der Waals surface area contributed by atoms with Gasteiger partial charge in [-0.15, -0.1) is 0 Å². The van der Waals surface area contributed by atoms with Gasteiger partial charge in [-0.25, -0.2) is 4.79 Å². The van der Waals surface area contributed by atoms with E-state index in [9.17, 15) is 4.79 Å². The number of aliphatic carboxylic acids is 1. The van der Waals surface area contributed by atoms with Crippen LogP contribution >= 0.6 is 0 Å². The Kier molecular flexibility index (Phi) is 11.2. The number of benzene rings is 1. The van der Waals surface area contributed by atoms with Crippen molar-refractivity contribution >= 4 is 12.8 Å². The molecule has 0 aromatic heterocycles. The van der Waals surface area contributed by atoms with Crippen molar-refractivity contribution in [1.29, 1.82) is 0 Å². The summed E-state index contributed by atoms with van der Waals surface area (Å²) >= 11 is 0. The third-order valence-electron chi connectivity index (χ3n) is 0.931. The summed E-state index contributed by atoms with van der Waals surface area (Å²) in [6.45, 7) is 4.96. The first kappa shape index (κ1) is 14.4. The fourth-order valence-electron chi connectivity index (χ4n) is 0.428. The molecule has 4 heteroatoms. The fraction of sp³-hybridized carbons (Fsp3) is 0. The molecule has 0 spiro atoms. The molecule has 0 amide bonds. The van der Waals surface area contributed by atoms with E-state index in [0.29, 0.717) is 5.75 Å². The van der Waals surface area contributed by atoms with E-state index < -0.39 is 5.97 Å².